The first-order chi connectivity index (χ1) is 12.5. The van der Waals surface area contributed by atoms with Crippen molar-refractivity contribution in [1.82, 2.24) is 20.3 Å². The van der Waals surface area contributed by atoms with Crippen LogP contribution in [0.25, 0.3) is 0 Å². The normalized spacial score (nSPS) is 16.7. The van der Waals surface area contributed by atoms with E-state index in [4.69, 9.17) is 4.52 Å². The molecule has 26 heavy (non-hydrogen) atoms. The molecule has 1 aromatic heterocycles. The average molecular weight is 356 g/mol. The van der Waals surface area contributed by atoms with Gasteiger partial charge in [-0.15, -0.1) is 0 Å². The number of carbonyl (C=O) groups excluding carboxylic acids is 1. The van der Waals surface area contributed by atoms with Gasteiger partial charge in [-0.05, 0) is 18.4 Å². The minimum atomic E-state index is 0.0180. The van der Waals surface area contributed by atoms with Crippen LogP contribution in [0.15, 0.2) is 40.9 Å². The van der Waals surface area contributed by atoms with Crippen molar-refractivity contribution in [2.75, 3.05) is 26.2 Å². The third kappa shape index (κ3) is 4.64. The lowest BCUT2D eigenvalue weighted by Gasteiger charge is -2.35. The molecule has 0 spiro atoms. The minimum absolute atomic E-state index is 0.0180. The Labute approximate surface area is 155 Å². The Morgan fingerprint density at radius 1 is 1.19 bits per heavy atom. The molecule has 3 rings (SSSR count). The SMILES string of the molecule is Cc1cc(CN2CCN(C(=O)NC(c3ccccc3)C(C)C)CC2)no1. The Hall–Kier alpha value is -2.34. The third-order valence-corrected chi connectivity index (χ3v) is 4.83. The van der Waals surface area contributed by atoms with Crippen molar-refractivity contribution in [2.24, 2.45) is 5.92 Å². The van der Waals surface area contributed by atoms with Gasteiger partial charge in [0.1, 0.15) is 5.76 Å². The standard InChI is InChI=1S/C20H28N4O2/c1-15(2)19(17-7-5-4-6-8-17)21-20(25)24-11-9-23(10-12-24)14-18-13-16(3)26-22-18/h4-8,13,15,19H,9-12,14H2,1-3H3,(H,21,25). The summed E-state index contributed by atoms with van der Waals surface area (Å²) in [6.07, 6.45) is 0. The third-order valence-electron chi connectivity index (χ3n) is 4.83. The largest absolute Gasteiger partial charge is 0.361 e. The van der Waals surface area contributed by atoms with Gasteiger partial charge in [0.05, 0.1) is 11.7 Å². The molecular formula is C20H28N4O2. The minimum Gasteiger partial charge on any atom is -0.361 e. The average Bonchev–Trinajstić information content (AvgIpc) is 3.05. The van der Waals surface area contributed by atoms with E-state index >= 15 is 0 Å². The van der Waals surface area contributed by atoms with Gasteiger partial charge in [0, 0.05) is 38.8 Å². The number of carbonyl (C=O) groups is 1. The van der Waals surface area contributed by atoms with Gasteiger partial charge in [0.25, 0.3) is 0 Å². The molecule has 0 saturated carbocycles. The van der Waals surface area contributed by atoms with Crippen molar-refractivity contribution in [3.05, 3.63) is 53.4 Å². The molecule has 0 bridgehead atoms. The number of nitrogens with one attached hydrogen (secondary N) is 1. The summed E-state index contributed by atoms with van der Waals surface area (Å²) in [6.45, 7) is 10.1. The van der Waals surface area contributed by atoms with Crippen molar-refractivity contribution in [1.29, 1.82) is 0 Å². The molecule has 1 aliphatic rings. The highest BCUT2D eigenvalue weighted by Gasteiger charge is 2.25. The van der Waals surface area contributed by atoms with Crippen molar-refractivity contribution >= 4 is 6.03 Å². The molecule has 2 amide bonds. The van der Waals surface area contributed by atoms with Gasteiger partial charge in [0.15, 0.2) is 0 Å². The summed E-state index contributed by atoms with van der Waals surface area (Å²) < 4.78 is 5.12. The van der Waals surface area contributed by atoms with Crippen LogP contribution in [0.3, 0.4) is 0 Å². The lowest BCUT2D eigenvalue weighted by atomic mass is 9.96. The molecular weight excluding hydrogens is 328 g/mol. The maximum Gasteiger partial charge on any atom is 0.317 e. The smallest absolute Gasteiger partial charge is 0.317 e. The maximum absolute atomic E-state index is 12.7. The molecule has 1 atom stereocenters. The molecule has 1 saturated heterocycles. The highest BCUT2D eigenvalue weighted by atomic mass is 16.5. The summed E-state index contributed by atoms with van der Waals surface area (Å²) in [7, 11) is 0. The number of hydrogen-bond acceptors (Lipinski definition) is 4. The molecule has 2 heterocycles. The monoisotopic (exact) mass is 356 g/mol. The molecule has 2 aromatic rings. The number of amides is 2. The lowest BCUT2D eigenvalue weighted by Crippen LogP contribution is -2.52. The van der Waals surface area contributed by atoms with Crippen LogP contribution in [0.2, 0.25) is 0 Å². The fourth-order valence-corrected chi connectivity index (χ4v) is 3.35. The molecule has 1 aliphatic heterocycles. The van der Waals surface area contributed by atoms with Gasteiger partial charge in [-0.3, -0.25) is 4.90 Å². The lowest BCUT2D eigenvalue weighted by molar-refractivity contribution is 0.130. The van der Waals surface area contributed by atoms with Gasteiger partial charge >= 0.3 is 6.03 Å². The number of piperazine rings is 1. The number of urea groups is 1. The van der Waals surface area contributed by atoms with Crippen molar-refractivity contribution in [2.45, 2.75) is 33.4 Å². The molecule has 140 valence electrons. The Morgan fingerprint density at radius 3 is 2.46 bits per heavy atom. The van der Waals surface area contributed by atoms with E-state index in [0.29, 0.717) is 5.92 Å². The Bertz CT molecular complexity index is 706. The summed E-state index contributed by atoms with van der Waals surface area (Å²) >= 11 is 0. The van der Waals surface area contributed by atoms with E-state index < -0.39 is 0 Å². The van der Waals surface area contributed by atoms with Crippen molar-refractivity contribution < 1.29 is 9.32 Å². The first-order valence-corrected chi connectivity index (χ1v) is 9.28. The zero-order valence-corrected chi connectivity index (χ0v) is 15.8. The highest BCUT2D eigenvalue weighted by Crippen LogP contribution is 2.22. The summed E-state index contributed by atoms with van der Waals surface area (Å²) in [5, 5.41) is 7.26. The van der Waals surface area contributed by atoms with Crippen molar-refractivity contribution in [3.8, 4) is 0 Å². The second-order valence-electron chi connectivity index (χ2n) is 7.27. The molecule has 1 unspecified atom stereocenters. The van der Waals surface area contributed by atoms with E-state index in [-0.39, 0.29) is 12.1 Å². The van der Waals surface area contributed by atoms with E-state index in [1.54, 1.807) is 0 Å². The predicted molar refractivity (Wildman–Crippen MR) is 101 cm³/mol. The zero-order chi connectivity index (χ0) is 18.5. The molecule has 1 N–H and O–H groups in total. The zero-order valence-electron chi connectivity index (χ0n) is 15.8. The van der Waals surface area contributed by atoms with Crippen LogP contribution >= 0.6 is 0 Å². The van der Waals surface area contributed by atoms with E-state index in [1.807, 2.05) is 36.1 Å². The first-order valence-electron chi connectivity index (χ1n) is 9.28. The van der Waals surface area contributed by atoms with Crippen LogP contribution in [-0.4, -0.2) is 47.2 Å². The highest BCUT2D eigenvalue weighted by molar-refractivity contribution is 5.75. The van der Waals surface area contributed by atoms with Crippen LogP contribution in [-0.2, 0) is 6.54 Å². The molecule has 1 fully saturated rings. The Kier molecular flexibility index (Phi) is 5.93. The quantitative estimate of drug-likeness (QED) is 0.894. The van der Waals surface area contributed by atoms with Gasteiger partial charge in [-0.1, -0.05) is 49.3 Å². The molecule has 6 heteroatoms. The number of benzene rings is 1. The maximum atomic E-state index is 12.7. The summed E-state index contributed by atoms with van der Waals surface area (Å²) in [6, 6.07) is 12.2. The second kappa shape index (κ2) is 8.36. The Balaban J connectivity index is 1.52. The van der Waals surface area contributed by atoms with Gasteiger partial charge in [-0.2, -0.15) is 0 Å². The molecule has 0 radical (unpaired) electrons. The van der Waals surface area contributed by atoms with Gasteiger partial charge < -0.3 is 14.7 Å². The first kappa shape index (κ1) is 18.5. The van der Waals surface area contributed by atoms with Crippen molar-refractivity contribution in [3.63, 3.8) is 0 Å². The number of rotatable bonds is 5. The molecule has 1 aromatic carbocycles. The second-order valence-corrected chi connectivity index (χ2v) is 7.27. The van der Waals surface area contributed by atoms with Gasteiger partial charge in [0.2, 0.25) is 0 Å². The topological polar surface area (TPSA) is 61.6 Å². The number of aryl methyl sites for hydroxylation is 1. The fraction of sp³-hybridized carbons (Fsp3) is 0.500. The fourth-order valence-electron chi connectivity index (χ4n) is 3.35. The molecule has 6 nitrogen and oxygen atoms in total. The van der Waals surface area contributed by atoms with Crippen LogP contribution in [0.5, 0.6) is 0 Å². The van der Waals surface area contributed by atoms with Crippen LogP contribution in [0.1, 0.15) is 36.9 Å². The summed E-state index contributed by atoms with van der Waals surface area (Å²) in [5.41, 5.74) is 2.10. The van der Waals surface area contributed by atoms with Gasteiger partial charge in [-0.25, -0.2) is 4.79 Å². The summed E-state index contributed by atoms with van der Waals surface area (Å²) in [5.74, 6) is 1.16. The van der Waals surface area contributed by atoms with Crippen LogP contribution < -0.4 is 5.32 Å². The van der Waals surface area contributed by atoms with E-state index in [0.717, 1.165) is 49.7 Å². The summed E-state index contributed by atoms with van der Waals surface area (Å²) in [4.78, 5) is 16.9. The molecule has 0 aliphatic carbocycles. The Morgan fingerprint density at radius 2 is 1.88 bits per heavy atom. The number of nitrogens with zero attached hydrogens (tertiary/aromatic N) is 3. The van der Waals surface area contributed by atoms with Crippen LogP contribution in [0.4, 0.5) is 4.79 Å². The number of aromatic nitrogens is 1. The predicted octanol–water partition coefficient (Wildman–Crippen LogP) is 3.21. The van der Waals surface area contributed by atoms with E-state index in [9.17, 15) is 4.79 Å². The number of hydrogen-bond donors (Lipinski definition) is 1. The van der Waals surface area contributed by atoms with E-state index in [1.165, 1.54) is 0 Å². The van der Waals surface area contributed by atoms with E-state index in [2.05, 4.69) is 41.4 Å². The van der Waals surface area contributed by atoms with Crippen LogP contribution in [0, 0.1) is 12.8 Å².